The molecule has 21 heavy (non-hydrogen) atoms. The Hall–Kier alpha value is -2.87. The Kier molecular flexibility index (Phi) is 4.52. The van der Waals surface area contributed by atoms with Crippen LogP contribution in [0.2, 0.25) is 0 Å². The summed E-state index contributed by atoms with van der Waals surface area (Å²) >= 11 is 0. The van der Waals surface area contributed by atoms with Crippen LogP contribution in [0.1, 0.15) is 11.1 Å². The molecule has 0 unspecified atom stereocenters. The van der Waals surface area contributed by atoms with Gasteiger partial charge in [0.1, 0.15) is 23.2 Å². The van der Waals surface area contributed by atoms with E-state index >= 15 is 0 Å². The summed E-state index contributed by atoms with van der Waals surface area (Å²) < 4.78 is 18.6. The van der Waals surface area contributed by atoms with E-state index in [-0.39, 0.29) is 23.8 Å². The number of nitrogens with one attached hydrogen (secondary N) is 1. The second kappa shape index (κ2) is 6.53. The molecule has 0 radical (unpaired) electrons. The van der Waals surface area contributed by atoms with Crippen LogP contribution in [-0.4, -0.2) is 12.5 Å². The van der Waals surface area contributed by atoms with Crippen molar-refractivity contribution in [3.8, 4) is 11.8 Å². The van der Waals surface area contributed by atoms with Crippen molar-refractivity contribution in [3.63, 3.8) is 0 Å². The molecule has 2 rings (SSSR count). The van der Waals surface area contributed by atoms with Crippen molar-refractivity contribution >= 4 is 11.6 Å². The summed E-state index contributed by atoms with van der Waals surface area (Å²) in [5.74, 6) is -0.996. The minimum atomic E-state index is -0.672. The molecule has 0 bridgehead atoms. The first-order valence-electron chi connectivity index (χ1n) is 6.28. The number of benzene rings is 2. The van der Waals surface area contributed by atoms with Crippen molar-refractivity contribution in [2.75, 3.05) is 11.9 Å². The van der Waals surface area contributed by atoms with Gasteiger partial charge in [-0.05, 0) is 30.7 Å². The number of halogens is 1. The molecule has 0 aliphatic heterocycles. The van der Waals surface area contributed by atoms with Gasteiger partial charge in [0.15, 0.2) is 6.61 Å². The van der Waals surface area contributed by atoms with Crippen LogP contribution in [0, 0.1) is 24.1 Å². The Morgan fingerprint density at radius 1 is 1.29 bits per heavy atom. The quantitative estimate of drug-likeness (QED) is 0.938. The van der Waals surface area contributed by atoms with Crippen LogP contribution < -0.4 is 10.1 Å². The standard InChI is InChI=1S/C16H13FN2O2/c1-11-5-2-3-7-14(11)19-16(20)10-21-15-8-4-6-13(17)12(15)9-18/h2-8H,10H2,1H3,(H,19,20). The summed E-state index contributed by atoms with van der Waals surface area (Å²) in [6, 6.07) is 13.1. The first-order chi connectivity index (χ1) is 10.1. The lowest BCUT2D eigenvalue weighted by Crippen LogP contribution is -2.21. The molecule has 0 atom stereocenters. The third-order valence-electron chi connectivity index (χ3n) is 2.87. The summed E-state index contributed by atoms with van der Waals surface area (Å²) in [6.07, 6.45) is 0. The molecule has 0 saturated heterocycles. The summed E-state index contributed by atoms with van der Waals surface area (Å²) in [5.41, 5.74) is 1.40. The van der Waals surface area contributed by atoms with Gasteiger partial charge in [0.25, 0.3) is 5.91 Å². The van der Waals surface area contributed by atoms with Gasteiger partial charge < -0.3 is 10.1 Å². The molecule has 2 aromatic rings. The number of para-hydroxylation sites is 1. The van der Waals surface area contributed by atoms with Gasteiger partial charge in [0, 0.05) is 5.69 Å². The Morgan fingerprint density at radius 3 is 2.76 bits per heavy atom. The maximum absolute atomic E-state index is 13.4. The third-order valence-corrected chi connectivity index (χ3v) is 2.87. The van der Waals surface area contributed by atoms with E-state index < -0.39 is 5.82 Å². The average molecular weight is 284 g/mol. The molecule has 1 N–H and O–H groups in total. The van der Waals surface area contributed by atoms with E-state index in [4.69, 9.17) is 10.00 Å². The van der Waals surface area contributed by atoms with E-state index in [2.05, 4.69) is 5.32 Å². The number of rotatable bonds is 4. The van der Waals surface area contributed by atoms with E-state index in [0.29, 0.717) is 5.69 Å². The van der Waals surface area contributed by atoms with E-state index in [1.54, 1.807) is 12.1 Å². The van der Waals surface area contributed by atoms with Gasteiger partial charge in [-0.15, -0.1) is 0 Å². The molecule has 0 saturated carbocycles. The molecule has 0 aliphatic rings. The number of hydrogen-bond donors (Lipinski definition) is 1. The number of amides is 1. The minimum absolute atomic E-state index is 0.0532. The largest absolute Gasteiger partial charge is 0.482 e. The third kappa shape index (κ3) is 3.57. The zero-order valence-corrected chi connectivity index (χ0v) is 11.4. The predicted molar refractivity (Wildman–Crippen MR) is 76.4 cm³/mol. The summed E-state index contributed by atoms with van der Waals surface area (Å²) in [7, 11) is 0. The van der Waals surface area contributed by atoms with E-state index in [1.807, 2.05) is 25.1 Å². The Bertz CT molecular complexity index is 708. The summed E-state index contributed by atoms with van der Waals surface area (Å²) in [4.78, 5) is 11.8. The highest BCUT2D eigenvalue weighted by Crippen LogP contribution is 2.20. The number of carbonyl (C=O) groups excluding carboxylic acids is 1. The minimum Gasteiger partial charge on any atom is -0.482 e. The first-order valence-corrected chi connectivity index (χ1v) is 6.28. The maximum atomic E-state index is 13.4. The first kappa shape index (κ1) is 14.5. The highest BCUT2D eigenvalue weighted by molar-refractivity contribution is 5.92. The topological polar surface area (TPSA) is 62.1 Å². The van der Waals surface area contributed by atoms with Gasteiger partial charge in [-0.25, -0.2) is 4.39 Å². The van der Waals surface area contributed by atoms with Crippen LogP contribution in [0.4, 0.5) is 10.1 Å². The number of nitrogens with zero attached hydrogens (tertiary/aromatic N) is 1. The van der Waals surface area contributed by atoms with Crippen molar-refractivity contribution in [1.82, 2.24) is 0 Å². The molecule has 0 aliphatic carbocycles. The molecule has 5 heteroatoms. The summed E-state index contributed by atoms with van der Waals surface area (Å²) in [5, 5.41) is 11.6. The van der Waals surface area contributed by atoms with Gasteiger partial charge in [-0.2, -0.15) is 5.26 Å². The summed E-state index contributed by atoms with van der Waals surface area (Å²) in [6.45, 7) is 1.57. The number of nitriles is 1. The van der Waals surface area contributed by atoms with Crippen LogP contribution in [-0.2, 0) is 4.79 Å². The molecular formula is C16H13FN2O2. The fourth-order valence-corrected chi connectivity index (χ4v) is 1.78. The number of aryl methyl sites for hydroxylation is 1. The molecule has 4 nitrogen and oxygen atoms in total. The van der Waals surface area contributed by atoms with E-state index in [0.717, 1.165) is 5.56 Å². The van der Waals surface area contributed by atoms with Crippen LogP contribution >= 0.6 is 0 Å². The van der Waals surface area contributed by atoms with Crippen LogP contribution in [0.5, 0.6) is 5.75 Å². The Balaban J connectivity index is 2.01. The number of hydrogen-bond acceptors (Lipinski definition) is 3. The van der Waals surface area contributed by atoms with Gasteiger partial charge in [-0.1, -0.05) is 24.3 Å². The molecule has 2 aromatic carbocycles. The molecule has 106 valence electrons. The number of anilines is 1. The van der Waals surface area contributed by atoms with Crippen molar-refractivity contribution in [2.45, 2.75) is 6.92 Å². The van der Waals surface area contributed by atoms with Crippen LogP contribution in [0.15, 0.2) is 42.5 Å². The average Bonchev–Trinajstić information content (AvgIpc) is 2.47. The number of carbonyl (C=O) groups is 1. The van der Waals surface area contributed by atoms with Crippen molar-refractivity contribution in [2.24, 2.45) is 0 Å². The van der Waals surface area contributed by atoms with Crippen molar-refractivity contribution < 1.29 is 13.9 Å². The monoisotopic (exact) mass is 284 g/mol. The molecular weight excluding hydrogens is 271 g/mol. The molecule has 0 fully saturated rings. The second-order valence-electron chi connectivity index (χ2n) is 4.38. The van der Waals surface area contributed by atoms with E-state index in [1.165, 1.54) is 18.2 Å². The predicted octanol–water partition coefficient (Wildman–Crippen LogP) is 3.02. The van der Waals surface area contributed by atoms with Crippen molar-refractivity contribution in [1.29, 1.82) is 5.26 Å². The smallest absolute Gasteiger partial charge is 0.262 e. The lowest BCUT2D eigenvalue weighted by molar-refractivity contribution is -0.118. The molecule has 0 spiro atoms. The fraction of sp³-hybridized carbons (Fsp3) is 0.125. The highest BCUT2D eigenvalue weighted by atomic mass is 19.1. The molecule has 1 amide bonds. The van der Waals surface area contributed by atoms with Gasteiger partial charge in [0.05, 0.1) is 0 Å². The fourth-order valence-electron chi connectivity index (χ4n) is 1.78. The second-order valence-corrected chi connectivity index (χ2v) is 4.38. The Morgan fingerprint density at radius 2 is 2.05 bits per heavy atom. The highest BCUT2D eigenvalue weighted by Gasteiger charge is 2.11. The number of ether oxygens (including phenoxy) is 1. The maximum Gasteiger partial charge on any atom is 0.262 e. The van der Waals surface area contributed by atoms with Gasteiger partial charge >= 0.3 is 0 Å². The molecule has 0 heterocycles. The lowest BCUT2D eigenvalue weighted by Gasteiger charge is -2.10. The Labute approximate surface area is 121 Å². The van der Waals surface area contributed by atoms with Crippen molar-refractivity contribution in [3.05, 3.63) is 59.4 Å². The lowest BCUT2D eigenvalue weighted by atomic mass is 10.2. The van der Waals surface area contributed by atoms with Crippen LogP contribution in [0.3, 0.4) is 0 Å². The van der Waals surface area contributed by atoms with E-state index in [9.17, 15) is 9.18 Å². The molecule has 0 aromatic heterocycles. The SMILES string of the molecule is Cc1ccccc1NC(=O)COc1cccc(F)c1C#N. The normalized spacial score (nSPS) is 9.76. The van der Waals surface area contributed by atoms with Gasteiger partial charge in [0.2, 0.25) is 0 Å². The zero-order chi connectivity index (χ0) is 15.2. The van der Waals surface area contributed by atoms with Gasteiger partial charge in [-0.3, -0.25) is 4.79 Å². The zero-order valence-electron chi connectivity index (χ0n) is 11.4. The van der Waals surface area contributed by atoms with Crippen LogP contribution in [0.25, 0.3) is 0 Å².